The van der Waals surface area contributed by atoms with Crippen LogP contribution in [0, 0.1) is 28.1 Å². The fourth-order valence-corrected chi connectivity index (χ4v) is 2.80. The monoisotopic (exact) mass is 252 g/mol. The Morgan fingerprint density at radius 2 is 1.94 bits per heavy atom. The van der Waals surface area contributed by atoms with Crippen molar-refractivity contribution in [2.75, 3.05) is 39.5 Å². The summed E-state index contributed by atoms with van der Waals surface area (Å²) in [7, 11) is 0. The largest absolute Gasteiger partial charge is 0.381 e. The highest BCUT2D eigenvalue weighted by Crippen LogP contribution is 2.34. The Labute approximate surface area is 110 Å². The molecule has 0 aliphatic carbocycles. The van der Waals surface area contributed by atoms with Crippen LogP contribution >= 0.6 is 0 Å². The molecule has 0 amide bonds. The van der Waals surface area contributed by atoms with Gasteiger partial charge in [-0.05, 0) is 24.2 Å². The fourth-order valence-electron chi connectivity index (χ4n) is 2.80. The molecule has 0 unspecified atom stereocenters. The zero-order chi connectivity index (χ0) is 13.1. The van der Waals surface area contributed by atoms with Crippen LogP contribution in [0.15, 0.2) is 0 Å². The summed E-state index contributed by atoms with van der Waals surface area (Å²) in [5.74, 6) is 0.717. The molecule has 2 rings (SSSR count). The number of hydrogen-bond donors (Lipinski definition) is 1. The quantitative estimate of drug-likeness (QED) is 0.807. The number of ether oxygens (including phenoxy) is 2. The zero-order valence-corrected chi connectivity index (χ0v) is 11.5. The molecule has 4 heteroatoms. The summed E-state index contributed by atoms with van der Waals surface area (Å²) in [5, 5.41) is 12.6. The summed E-state index contributed by atoms with van der Waals surface area (Å²) in [6, 6.07) is 2.37. The summed E-state index contributed by atoms with van der Waals surface area (Å²) in [6.07, 6.45) is 2.31. The molecule has 1 N–H and O–H groups in total. The van der Waals surface area contributed by atoms with Gasteiger partial charge in [-0.25, -0.2) is 0 Å². The molecule has 0 aromatic carbocycles. The smallest absolute Gasteiger partial charge is 0.116 e. The molecule has 0 saturated carbocycles. The van der Waals surface area contributed by atoms with Gasteiger partial charge < -0.3 is 14.8 Å². The van der Waals surface area contributed by atoms with Crippen LogP contribution in [0.1, 0.15) is 26.7 Å². The molecular formula is C14H24N2O2. The number of rotatable bonds is 5. The van der Waals surface area contributed by atoms with E-state index in [0.29, 0.717) is 13.2 Å². The van der Waals surface area contributed by atoms with Gasteiger partial charge in [0.1, 0.15) is 5.41 Å². The van der Waals surface area contributed by atoms with E-state index in [9.17, 15) is 0 Å². The molecule has 2 fully saturated rings. The van der Waals surface area contributed by atoms with Gasteiger partial charge in [0.05, 0.1) is 19.3 Å². The predicted octanol–water partition coefficient (Wildman–Crippen LogP) is 1.57. The van der Waals surface area contributed by atoms with Crippen molar-refractivity contribution < 1.29 is 9.47 Å². The molecule has 102 valence electrons. The van der Waals surface area contributed by atoms with Crippen molar-refractivity contribution >= 4 is 0 Å². The molecule has 0 aromatic rings. The first-order valence-corrected chi connectivity index (χ1v) is 6.85. The van der Waals surface area contributed by atoms with Gasteiger partial charge in [0, 0.05) is 26.3 Å². The molecule has 2 saturated heterocycles. The minimum atomic E-state index is -0.272. The zero-order valence-electron chi connectivity index (χ0n) is 11.5. The van der Waals surface area contributed by atoms with Crippen molar-refractivity contribution in [3.63, 3.8) is 0 Å². The maximum atomic E-state index is 9.13. The Morgan fingerprint density at radius 1 is 1.28 bits per heavy atom. The van der Waals surface area contributed by atoms with E-state index < -0.39 is 0 Å². The molecule has 0 radical (unpaired) electrons. The van der Waals surface area contributed by atoms with E-state index in [1.54, 1.807) is 0 Å². The van der Waals surface area contributed by atoms with E-state index in [-0.39, 0.29) is 10.8 Å². The third-order valence-electron chi connectivity index (χ3n) is 4.36. The van der Waals surface area contributed by atoms with E-state index in [1.165, 1.54) is 0 Å². The van der Waals surface area contributed by atoms with Gasteiger partial charge in [-0.1, -0.05) is 13.8 Å². The highest BCUT2D eigenvalue weighted by molar-refractivity contribution is 5.05. The summed E-state index contributed by atoms with van der Waals surface area (Å²) >= 11 is 0. The van der Waals surface area contributed by atoms with E-state index >= 15 is 0 Å². The van der Waals surface area contributed by atoms with Crippen LogP contribution in [-0.2, 0) is 9.47 Å². The van der Waals surface area contributed by atoms with Crippen molar-refractivity contribution in [2.24, 2.45) is 16.7 Å². The highest BCUT2D eigenvalue weighted by Gasteiger charge is 2.39. The average molecular weight is 252 g/mol. The van der Waals surface area contributed by atoms with Gasteiger partial charge in [-0.3, -0.25) is 0 Å². The molecule has 0 aromatic heterocycles. The van der Waals surface area contributed by atoms with Crippen LogP contribution in [0.3, 0.4) is 0 Å². The van der Waals surface area contributed by atoms with E-state index in [1.807, 2.05) is 0 Å². The summed E-state index contributed by atoms with van der Waals surface area (Å²) in [5.41, 5.74) is -0.00319. The van der Waals surface area contributed by atoms with Crippen molar-refractivity contribution in [1.82, 2.24) is 5.32 Å². The Bertz CT molecular complexity index is 312. The number of nitriles is 1. The van der Waals surface area contributed by atoms with Gasteiger partial charge >= 0.3 is 0 Å². The second-order valence-corrected chi connectivity index (χ2v) is 6.36. The second-order valence-electron chi connectivity index (χ2n) is 6.36. The van der Waals surface area contributed by atoms with Gasteiger partial charge in [-0.2, -0.15) is 5.26 Å². The van der Waals surface area contributed by atoms with Gasteiger partial charge in [0.2, 0.25) is 0 Å². The molecule has 2 aliphatic rings. The van der Waals surface area contributed by atoms with E-state index in [0.717, 1.165) is 45.1 Å². The van der Waals surface area contributed by atoms with Crippen molar-refractivity contribution in [1.29, 1.82) is 5.26 Å². The molecule has 2 aliphatic heterocycles. The van der Waals surface area contributed by atoms with E-state index in [2.05, 4.69) is 25.2 Å². The van der Waals surface area contributed by atoms with Crippen molar-refractivity contribution in [2.45, 2.75) is 26.7 Å². The van der Waals surface area contributed by atoms with Crippen LogP contribution in [0.25, 0.3) is 0 Å². The minimum absolute atomic E-state index is 0.269. The Kier molecular flexibility index (Phi) is 4.26. The van der Waals surface area contributed by atoms with Crippen LogP contribution in [0.2, 0.25) is 0 Å². The third-order valence-corrected chi connectivity index (χ3v) is 4.36. The normalized spacial score (nSPS) is 24.3. The predicted molar refractivity (Wildman–Crippen MR) is 69.1 cm³/mol. The molecule has 18 heavy (non-hydrogen) atoms. The maximum absolute atomic E-state index is 9.13. The lowest BCUT2D eigenvalue weighted by Gasteiger charge is -2.39. The number of nitrogens with one attached hydrogen (secondary N) is 1. The fraction of sp³-hybridized carbons (Fsp3) is 0.929. The minimum Gasteiger partial charge on any atom is -0.381 e. The van der Waals surface area contributed by atoms with Crippen molar-refractivity contribution in [3.05, 3.63) is 0 Å². The lowest BCUT2D eigenvalue weighted by molar-refractivity contribution is -0.0768. The van der Waals surface area contributed by atoms with Crippen LogP contribution < -0.4 is 5.32 Å². The Balaban J connectivity index is 1.76. The van der Waals surface area contributed by atoms with Gasteiger partial charge in [0.25, 0.3) is 0 Å². The summed E-state index contributed by atoms with van der Waals surface area (Å²) < 4.78 is 10.6. The third kappa shape index (κ3) is 3.03. The summed E-state index contributed by atoms with van der Waals surface area (Å²) in [6.45, 7) is 9.27. The first-order valence-electron chi connectivity index (χ1n) is 6.85. The van der Waals surface area contributed by atoms with Crippen LogP contribution in [0.4, 0.5) is 0 Å². The Hall–Kier alpha value is -0.630. The first-order chi connectivity index (χ1) is 8.58. The number of nitrogens with zero attached hydrogens (tertiary/aromatic N) is 1. The van der Waals surface area contributed by atoms with E-state index in [4.69, 9.17) is 14.7 Å². The standard InChI is InChI=1S/C14H24N2O2/c1-13(2,12-3-5-17-6-4-12)8-16-9-14(7-15)10-18-11-14/h12,16H,3-6,8-11H2,1-2H3. The van der Waals surface area contributed by atoms with Crippen LogP contribution in [-0.4, -0.2) is 39.5 Å². The SMILES string of the molecule is CC(C)(CNCC1(C#N)COC1)C1CCOCC1. The van der Waals surface area contributed by atoms with Gasteiger partial charge in [0.15, 0.2) is 0 Å². The number of hydrogen-bond acceptors (Lipinski definition) is 4. The molecule has 2 heterocycles. The highest BCUT2D eigenvalue weighted by atomic mass is 16.5. The lowest BCUT2D eigenvalue weighted by atomic mass is 9.74. The molecule has 0 spiro atoms. The lowest BCUT2D eigenvalue weighted by Crippen LogP contribution is -2.50. The average Bonchev–Trinajstić information content (AvgIpc) is 2.34. The molecule has 0 atom stereocenters. The van der Waals surface area contributed by atoms with Crippen molar-refractivity contribution in [3.8, 4) is 6.07 Å². The second kappa shape index (κ2) is 5.56. The van der Waals surface area contributed by atoms with Crippen LogP contribution in [0.5, 0.6) is 0 Å². The first kappa shape index (κ1) is 13.8. The molecular weight excluding hydrogens is 228 g/mol. The topological polar surface area (TPSA) is 54.3 Å². The molecule has 4 nitrogen and oxygen atoms in total. The Morgan fingerprint density at radius 3 is 2.44 bits per heavy atom. The maximum Gasteiger partial charge on any atom is 0.116 e. The summed E-state index contributed by atoms with van der Waals surface area (Å²) in [4.78, 5) is 0. The molecule has 0 bridgehead atoms. The van der Waals surface area contributed by atoms with Gasteiger partial charge in [-0.15, -0.1) is 0 Å².